The van der Waals surface area contributed by atoms with E-state index in [1.54, 1.807) is 0 Å². The molecule has 2 rings (SSSR count). The number of fused-ring (bicyclic) bond motifs is 2. The Morgan fingerprint density at radius 1 is 1.29 bits per heavy atom. The van der Waals surface area contributed by atoms with Gasteiger partial charge in [-0.25, -0.2) is 4.79 Å². The summed E-state index contributed by atoms with van der Waals surface area (Å²) < 4.78 is 11.6. The monoisotopic (exact) mass is 298 g/mol. The molecule has 0 spiro atoms. The minimum absolute atomic E-state index is 0.159. The van der Waals surface area contributed by atoms with E-state index >= 15 is 0 Å². The van der Waals surface area contributed by atoms with Gasteiger partial charge in [0.2, 0.25) is 0 Å². The van der Waals surface area contributed by atoms with Crippen LogP contribution in [0.15, 0.2) is 0 Å². The summed E-state index contributed by atoms with van der Waals surface area (Å²) in [5.41, 5.74) is 0.714. The van der Waals surface area contributed by atoms with Gasteiger partial charge >= 0.3 is 5.97 Å². The Kier molecular flexibility index (Phi) is 4.42. The number of hydrogen-bond acceptors (Lipinski definition) is 3. The van der Waals surface area contributed by atoms with Crippen molar-refractivity contribution >= 4 is 5.97 Å². The minimum atomic E-state index is -0.159. The molecule has 21 heavy (non-hydrogen) atoms. The maximum absolute atomic E-state index is 11.4. The second-order valence-corrected chi connectivity index (χ2v) is 8.36. The number of esters is 1. The molecule has 0 saturated heterocycles. The van der Waals surface area contributed by atoms with Crippen molar-refractivity contribution in [1.29, 1.82) is 0 Å². The zero-order valence-electron chi connectivity index (χ0n) is 14.6. The second kappa shape index (κ2) is 5.54. The normalized spacial score (nSPS) is 34.2. The third-order valence-electron chi connectivity index (χ3n) is 6.51. The summed E-state index contributed by atoms with van der Waals surface area (Å²) in [5, 5.41) is 0. The average molecular weight is 298 g/mol. The van der Waals surface area contributed by atoms with Gasteiger partial charge in [-0.05, 0) is 36.0 Å². The highest BCUT2D eigenvalue weighted by atomic mass is 16.5. The summed E-state index contributed by atoms with van der Waals surface area (Å²) in [6.07, 6.45) is 4.22. The molecule has 122 valence electrons. The summed E-state index contributed by atoms with van der Waals surface area (Å²) in [6, 6.07) is 0. The summed E-state index contributed by atoms with van der Waals surface area (Å²) in [7, 11) is 5.54. The van der Waals surface area contributed by atoms with Gasteiger partial charge in [0.05, 0.1) is 33.9 Å². The van der Waals surface area contributed by atoms with E-state index < -0.39 is 0 Å². The van der Waals surface area contributed by atoms with Crippen molar-refractivity contribution in [3.8, 4) is 0 Å². The fourth-order valence-electron chi connectivity index (χ4n) is 4.32. The molecule has 0 aliphatic heterocycles. The van der Waals surface area contributed by atoms with E-state index in [9.17, 15) is 4.79 Å². The van der Waals surface area contributed by atoms with Crippen LogP contribution in [0, 0.1) is 16.7 Å². The lowest BCUT2D eigenvalue weighted by Gasteiger charge is -2.39. The Labute approximate surface area is 129 Å². The molecule has 2 bridgehead atoms. The van der Waals surface area contributed by atoms with Crippen LogP contribution in [-0.4, -0.2) is 57.5 Å². The average Bonchev–Trinajstić information content (AvgIpc) is 2.71. The fourth-order valence-corrected chi connectivity index (χ4v) is 4.32. The maximum atomic E-state index is 11.4. The van der Waals surface area contributed by atoms with Gasteiger partial charge < -0.3 is 14.0 Å². The van der Waals surface area contributed by atoms with Gasteiger partial charge in [0.1, 0.15) is 6.54 Å². The topological polar surface area (TPSA) is 35.5 Å². The molecule has 2 aliphatic carbocycles. The predicted molar refractivity (Wildman–Crippen MR) is 82.8 cm³/mol. The number of hydrogen-bond donors (Lipinski definition) is 0. The van der Waals surface area contributed by atoms with Crippen molar-refractivity contribution in [2.45, 2.75) is 46.1 Å². The summed E-state index contributed by atoms with van der Waals surface area (Å²) in [5.74, 6) is 0.651. The standard InChI is InChI=1S/C17H32NO3/c1-16(2)13-7-8-17(16,3)14(11-13)21-10-9-18(4,5)12-15(19)20-6/h13-14H,7-12H2,1-6H3/q+1/t13-,14-,17-/m0/s1. The molecule has 3 atom stereocenters. The van der Waals surface area contributed by atoms with E-state index in [1.165, 1.54) is 26.4 Å². The van der Waals surface area contributed by atoms with Crippen LogP contribution in [-0.2, 0) is 14.3 Å². The molecule has 0 amide bonds. The van der Waals surface area contributed by atoms with Crippen LogP contribution >= 0.6 is 0 Å². The van der Waals surface area contributed by atoms with Gasteiger partial charge in [-0.1, -0.05) is 20.8 Å². The van der Waals surface area contributed by atoms with Gasteiger partial charge in [-0.3, -0.25) is 0 Å². The lowest BCUT2D eigenvalue weighted by Crippen LogP contribution is -2.47. The van der Waals surface area contributed by atoms with Crippen LogP contribution in [0.3, 0.4) is 0 Å². The van der Waals surface area contributed by atoms with Gasteiger partial charge in [-0.2, -0.15) is 0 Å². The molecule has 0 aromatic heterocycles. The number of likely N-dealkylation sites (N-methyl/N-ethyl adjacent to an activating group) is 1. The van der Waals surface area contributed by atoms with Crippen LogP contribution in [0.5, 0.6) is 0 Å². The third-order valence-corrected chi connectivity index (χ3v) is 6.51. The van der Waals surface area contributed by atoms with E-state index in [-0.39, 0.29) is 5.97 Å². The predicted octanol–water partition coefficient (Wildman–Crippen LogP) is 2.47. The molecule has 4 nitrogen and oxygen atoms in total. The summed E-state index contributed by atoms with van der Waals surface area (Å²) >= 11 is 0. The van der Waals surface area contributed by atoms with Crippen LogP contribution < -0.4 is 0 Å². The Bertz CT molecular complexity index is 405. The summed E-state index contributed by atoms with van der Waals surface area (Å²) in [4.78, 5) is 11.4. The zero-order chi connectivity index (χ0) is 15.9. The maximum Gasteiger partial charge on any atom is 0.361 e. The van der Waals surface area contributed by atoms with E-state index in [4.69, 9.17) is 9.47 Å². The number of carbonyl (C=O) groups excluding carboxylic acids is 1. The van der Waals surface area contributed by atoms with Gasteiger partial charge in [0, 0.05) is 0 Å². The molecular formula is C17H32NO3+. The second-order valence-electron chi connectivity index (χ2n) is 8.36. The Morgan fingerprint density at radius 2 is 1.95 bits per heavy atom. The third kappa shape index (κ3) is 2.98. The molecule has 0 heterocycles. The van der Waals surface area contributed by atoms with Gasteiger partial charge in [0.15, 0.2) is 6.54 Å². The van der Waals surface area contributed by atoms with Crippen LogP contribution in [0.25, 0.3) is 0 Å². The first kappa shape index (κ1) is 16.8. The SMILES string of the molecule is COC(=O)C[N+](C)(C)CCO[C@H]1C[C@@H]2CC[C@]1(C)C2(C)C. The molecule has 4 heteroatoms. The number of ether oxygens (including phenoxy) is 2. The fraction of sp³-hybridized carbons (Fsp3) is 0.941. The van der Waals surface area contributed by atoms with Gasteiger partial charge in [0.25, 0.3) is 0 Å². The van der Waals surface area contributed by atoms with Crippen molar-refractivity contribution in [3.05, 3.63) is 0 Å². The van der Waals surface area contributed by atoms with Crippen molar-refractivity contribution in [3.63, 3.8) is 0 Å². The molecule has 2 aliphatic rings. The molecule has 0 unspecified atom stereocenters. The highest BCUT2D eigenvalue weighted by molar-refractivity contribution is 5.70. The highest BCUT2D eigenvalue weighted by Gasteiger charge is 2.61. The Balaban J connectivity index is 1.84. The molecule has 0 aromatic carbocycles. The van der Waals surface area contributed by atoms with E-state index in [0.717, 1.165) is 12.5 Å². The smallest absolute Gasteiger partial charge is 0.361 e. The number of methoxy groups -OCH3 is 1. The molecule has 0 N–H and O–H groups in total. The largest absolute Gasteiger partial charge is 0.465 e. The highest BCUT2D eigenvalue weighted by Crippen LogP contribution is 2.66. The van der Waals surface area contributed by atoms with Crippen LogP contribution in [0.2, 0.25) is 0 Å². The number of carbonyl (C=O) groups is 1. The number of nitrogens with zero attached hydrogens (tertiary/aromatic N) is 1. The van der Waals surface area contributed by atoms with Crippen molar-refractivity contribution in [2.24, 2.45) is 16.7 Å². The summed E-state index contributed by atoms with van der Waals surface area (Å²) in [6.45, 7) is 9.17. The Hall–Kier alpha value is -0.610. The molecule has 2 fully saturated rings. The molecular weight excluding hydrogens is 266 g/mol. The van der Waals surface area contributed by atoms with Crippen molar-refractivity contribution in [1.82, 2.24) is 0 Å². The van der Waals surface area contributed by atoms with Crippen LogP contribution in [0.1, 0.15) is 40.0 Å². The lowest BCUT2D eigenvalue weighted by atomic mass is 9.70. The first-order chi connectivity index (χ1) is 9.62. The zero-order valence-corrected chi connectivity index (χ0v) is 14.6. The van der Waals surface area contributed by atoms with Crippen LogP contribution in [0.4, 0.5) is 0 Å². The molecule has 2 saturated carbocycles. The van der Waals surface area contributed by atoms with Crippen molar-refractivity contribution in [2.75, 3.05) is 40.9 Å². The lowest BCUT2D eigenvalue weighted by molar-refractivity contribution is -0.883. The minimum Gasteiger partial charge on any atom is -0.465 e. The molecule has 0 radical (unpaired) electrons. The Morgan fingerprint density at radius 3 is 2.43 bits per heavy atom. The van der Waals surface area contributed by atoms with E-state index in [0.29, 0.717) is 34.6 Å². The first-order valence-electron chi connectivity index (χ1n) is 8.13. The number of quaternary nitrogens is 1. The van der Waals surface area contributed by atoms with Gasteiger partial charge in [-0.15, -0.1) is 0 Å². The first-order valence-corrected chi connectivity index (χ1v) is 8.13. The van der Waals surface area contributed by atoms with E-state index in [1.807, 2.05) is 14.1 Å². The molecule has 0 aromatic rings. The number of rotatable bonds is 6. The quantitative estimate of drug-likeness (QED) is 0.558. The van der Waals surface area contributed by atoms with Crippen molar-refractivity contribution < 1.29 is 18.8 Å². The van der Waals surface area contributed by atoms with E-state index in [2.05, 4.69) is 20.8 Å².